The first-order valence-electron chi connectivity index (χ1n) is 12.9. The largest absolute Gasteiger partial charge is 0.480 e. The van der Waals surface area contributed by atoms with E-state index in [1.54, 1.807) is 18.4 Å². The number of carbonyl (C=O) groups excluding carboxylic acids is 1. The molecule has 0 radical (unpaired) electrons. The first kappa shape index (κ1) is 25.9. The van der Waals surface area contributed by atoms with E-state index in [1.165, 1.54) is 4.90 Å². The number of hydrogen-bond donors (Lipinski definition) is 1. The minimum atomic E-state index is -1.03. The Morgan fingerprint density at radius 3 is 2.59 bits per heavy atom. The van der Waals surface area contributed by atoms with Crippen LogP contribution in [0.5, 0.6) is 0 Å². The molecule has 37 heavy (non-hydrogen) atoms. The zero-order valence-corrected chi connectivity index (χ0v) is 21.8. The molecule has 1 aromatic heterocycles. The third-order valence-electron chi connectivity index (χ3n) is 7.45. The zero-order valence-electron chi connectivity index (χ0n) is 21.0. The first-order chi connectivity index (χ1) is 18.0. The Bertz CT molecular complexity index is 1140. The van der Waals surface area contributed by atoms with Crippen LogP contribution < -0.4 is 0 Å². The number of hydrogen-bond acceptors (Lipinski definition) is 6. The Kier molecular flexibility index (Phi) is 8.20. The van der Waals surface area contributed by atoms with E-state index in [2.05, 4.69) is 0 Å². The number of nitrogens with zero attached hydrogens (tertiary/aromatic N) is 1. The summed E-state index contributed by atoms with van der Waals surface area (Å²) in [6.07, 6.45) is 6.49. The fourth-order valence-corrected chi connectivity index (χ4v) is 6.13. The second-order valence-electron chi connectivity index (χ2n) is 9.78. The first-order valence-corrected chi connectivity index (χ1v) is 13.7. The number of carboxylic acids is 1. The highest BCUT2D eigenvalue weighted by molar-refractivity contribution is 7.09. The van der Waals surface area contributed by atoms with Crippen LogP contribution in [0.4, 0.5) is 0 Å². The number of benzene rings is 1. The summed E-state index contributed by atoms with van der Waals surface area (Å²) in [6, 6.07) is 12.4. The average Bonchev–Trinajstić information content (AvgIpc) is 3.64. The summed E-state index contributed by atoms with van der Waals surface area (Å²) >= 11 is 1.61. The van der Waals surface area contributed by atoms with Crippen molar-refractivity contribution < 1.29 is 28.9 Å². The monoisotopic (exact) mass is 523 g/mol. The second-order valence-corrected chi connectivity index (χ2v) is 10.8. The van der Waals surface area contributed by atoms with E-state index in [-0.39, 0.29) is 31.1 Å². The van der Waals surface area contributed by atoms with Gasteiger partial charge in [0, 0.05) is 25.0 Å². The van der Waals surface area contributed by atoms with Crippen molar-refractivity contribution in [2.45, 2.75) is 69.2 Å². The van der Waals surface area contributed by atoms with Gasteiger partial charge < -0.3 is 24.2 Å². The summed E-state index contributed by atoms with van der Waals surface area (Å²) in [5.74, 6) is -1.34. The maximum Gasteiger partial charge on any atom is 0.326 e. The van der Waals surface area contributed by atoms with Gasteiger partial charge in [-0.1, -0.05) is 61.4 Å². The van der Waals surface area contributed by atoms with Crippen LogP contribution in [0.1, 0.15) is 48.6 Å². The quantitative estimate of drug-likeness (QED) is 0.503. The van der Waals surface area contributed by atoms with Gasteiger partial charge in [0.15, 0.2) is 6.10 Å². The second kappa shape index (κ2) is 11.7. The number of carbonyl (C=O) groups is 2. The normalized spacial score (nSPS) is 24.8. The molecule has 7 nitrogen and oxygen atoms in total. The van der Waals surface area contributed by atoms with Crippen LogP contribution in [-0.2, 0) is 30.4 Å². The molecule has 5 rings (SSSR count). The molecule has 2 aromatic rings. The standard InChI is InChI=1S/C29H33NO6S/c1-34-25-14-13-20-17-30(24(29(32)33)16-23(20)27(25)35-18-22-12-7-15-37-22)28(31)26(19-8-3-2-4-9-19)36-21-10-5-6-11-21/h2-4,7-9,12-15,21,24-27H,5-6,10-11,16-18H2,1H3,(H,32,33)/t24-,25?,26-,27?/m0/s1. The van der Waals surface area contributed by atoms with Crippen molar-refractivity contribution in [2.24, 2.45) is 0 Å². The van der Waals surface area contributed by atoms with Gasteiger partial charge in [0.25, 0.3) is 5.91 Å². The zero-order chi connectivity index (χ0) is 25.8. The fourth-order valence-electron chi connectivity index (χ4n) is 5.50. The highest BCUT2D eigenvalue weighted by Gasteiger charge is 2.43. The Hall–Kier alpha value is -2.78. The number of thiophene rings is 1. The maximum atomic E-state index is 14.0. The Balaban J connectivity index is 1.42. The van der Waals surface area contributed by atoms with Crippen LogP contribution in [0.15, 0.2) is 71.1 Å². The number of ether oxygens (including phenoxy) is 3. The predicted molar refractivity (Wildman–Crippen MR) is 140 cm³/mol. The van der Waals surface area contributed by atoms with Crippen LogP contribution in [0.25, 0.3) is 0 Å². The lowest BCUT2D eigenvalue weighted by Crippen LogP contribution is -2.53. The van der Waals surface area contributed by atoms with Gasteiger partial charge in [0.2, 0.25) is 0 Å². The summed E-state index contributed by atoms with van der Waals surface area (Å²) in [5, 5.41) is 12.2. The van der Waals surface area contributed by atoms with Crippen molar-refractivity contribution in [1.82, 2.24) is 4.90 Å². The van der Waals surface area contributed by atoms with E-state index in [4.69, 9.17) is 14.2 Å². The molecule has 1 aliphatic heterocycles. The molecule has 2 aliphatic carbocycles. The molecule has 4 atom stereocenters. The maximum absolute atomic E-state index is 14.0. The van der Waals surface area contributed by atoms with Gasteiger partial charge >= 0.3 is 5.97 Å². The van der Waals surface area contributed by atoms with Gasteiger partial charge in [-0.25, -0.2) is 4.79 Å². The lowest BCUT2D eigenvalue weighted by Gasteiger charge is -2.41. The van der Waals surface area contributed by atoms with Crippen molar-refractivity contribution in [1.29, 1.82) is 0 Å². The number of aliphatic carboxylic acids is 1. The molecule has 0 saturated heterocycles. The van der Waals surface area contributed by atoms with Crippen LogP contribution in [-0.4, -0.2) is 59.9 Å². The van der Waals surface area contributed by atoms with Gasteiger partial charge in [-0.2, -0.15) is 0 Å². The summed E-state index contributed by atoms with van der Waals surface area (Å²) in [5.41, 5.74) is 2.54. The van der Waals surface area contributed by atoms with Crippen molar-refractivity contribution >= 4 is 23.2 Å². The molecule has 1 amide bonds. The summed E-state index contributed by atoms with van der Waals surface area (Å²) in [6.45, 7) is 0.604. The molecule has 0 spiro atoms. The van der Waals surface area contributed by atoms with Crippen LogP contribution in [0.3, 0.4) is 0 Å². The minimum absolute atomic E-state index is 0.00377. The van der Waals surface area contributed by atoms with Gasteiger partial charge in [-0.15, -0.1) is 11.3 Å². The smallest absolute Gasteiger partial charge is 0.326 e. The van der Waals surface area contributed by atoms with Crippen molar-refractivity contribution in [3.05, 3.63) is 81.6 Å². The lowest BCUT2D eigenvalue weighted by atomic mass is 9.84. The number of amides is 1. The highest BCUT2D eigenvalue weighted by Crippen LogP contribution is 2.37. The molecule has 1 fully saturated rings. The van der Waals surface area contributed by atoms with E-state index in [0.29, 0.717) is 6.61 Å². The number of carboxylic acid groups (broad SMARTS) is 1. The van der Waals surface area contributed by atoms with E-state index in [1.807, 2.05) is 60.0 Å². The van der Waals surface area contributed by atoms with Gasteiger partial charge in [0.1, 0.15) is 18.2 Å². The van der Waals surface area contributed by atoms with E-state index >= 15 is 0 Å². The lowest BCUT2D eigenvalue weighted by molar-refractivity contribution is -0.159. The molecular weight excluding hydrogens is 490 g/mol. The molecule has 2 unspecified atom stereocenters. The van der Waals surface area contributed by atoms with Crippen LogP contribution in [0.2, 0.25) is 0 Å². The molecular formula is C29H33NO6S. The number of methoxy groups -OCH3 is 1. The molecule has 1 saturated carbocycles. The summed E-state index contributed by atoms with van der Waals surface area (Å²) in [7, 11) is 1.63. The third-order valence-corrected chi connectivity index (χ3v) is 8.30. The van der Waals surface area contributed by atoms with Crippen LogP contribution >= 0.6 is 11.3 Å². The molecule has 3 aliphatic rings. The number of rotatable bonds is 9. The molecule has 0 bridgehead atoms. The van der Waals surface area contributed by atoms with E-state index in [0.717, 1.165) is 47.3 Å². The van der Waals surface area contributed by atoms with Crippen molar-refractivity contribution in [3.63, 3.8) is 0 Å². The van der Waals surface area contributed by atoms with E-state index in [9.17, 15) is 14.7 Å². The Labute approximate surface area is 221 Å². The van der Waals surface area contributed by atoms with Gasteiger partial charge in [0.05, 0.1) is 12.7 Å². The van der Waals surface area contributed by atoms with E-state index < -0.39 is 24.2 Å². The minimum Gasteiger partial charge on any atom is -0.480 e. The Morgan fingerprint density at radius 2 is 1.92 bits per heavy atom. The molecule has 1 N–H and O–H groups in total. The average molecular weight is 524 g/mol. The van der Waals surface area contributed by atoms with Crippen molar-refractivity contribution in [2.75, 3.05) is 13.7 Å². The molecule has 2 heterocycles. The predicted octanol–water partition coefficient (Wildman–Crippen LogP) is 4.90. The Morgan fingerprint density at radius 1 is 1.14 bits per heavy atom. The van der Waals surface area contributed by atoms with Gasteiger partial charge in [-0.3, -0.25) is 4.79 Å². The fraction of sp³-hybridized carbons (Fsp3) is 0.448. The summed E-state index contributed by atoms with van der Waals surface area (Å²) < 4.78 is 18.3. The van der Waals surface area contributed by atoms with Gasteiger partial charge in [-0.05, 0) is 41.0 Å². The topological polar surface area (TPSA) is 85.3 Å². The highest BCUT2D eigenvalue weighted by atomic mass is 32.1. The molecule has 8 heteroatoms. The van der Waals surface area contributed by atoms with Crippen LogP contribution in [0, 0.1) is 0 Å². The molecule has 196 valence electrons. The van der Waals surface area contributed by atoms with Crippen molar-refractivity contribution in [3.8, 4) is 0 Å². The third kappa shape index (κ3) is 5.72. The summed E-state index contributed by atoms with van der Waals surface area (Å²) in [4.78, 5) is 29.1. The SMILES string of the molecule is COC1C=CC2=C(C[C@@H](C(=O)O)N(C(=O)[C@@H](OC3CCCC3)c3ccccc3)C2)C1OCc1cccs1. The molecule has 1 aromatic carbocycles.